The Bertz CT molecular complexity index is 267. The van der Waals surface area contributed by atoms with Crippen LogP contribution in [0.4, 0.5) is 0 Å². The fourth-order valence-corrected chi connectivity index (χ4v) is 2.56. The molecule has 0 N–H and O–H groups in total. The van der Waals surface area contributed by atoms with Crippen LogP contribution in [0.15, 0.2) is 23.8 Å². The zero-order valence-corrected chi connectivity index (χ0v) is 11.7. The average Bonchev–Trinajstić information content (AvgIpc) is 2.26. The molecule has 0 radical (unpaired) electrons. The van der Waals surface area contributed by atoms with Crippen LogP contribution in [-0.2, 0) is 9.53 Å². The molecule has 2 nitrogen and oxygen atoms in total. The van der Waals surface area contributed by atoms with Gasteiger partial charge in [0.15, 0.2) is 0 Å². The van der Waals surface area contributed by atoms with E-state index >= 15 is 0 Å². The Kier molecular flexibility index (Phi) is 7.60. The Morgan fingerprint density at radius 2 is 2.12 bits per heavy atom. The van der Waals surface area contributed by atoms with Gasteiger partial charge in [0.1, 0.15) is 6.61 Å². The summed E-state index contributed by atoms with van der Waals surface area (Å²) in [5.41, 5.74) is 3.87. The summed E-state index contributed by atoms with van der Waals surface area (Å²) >= 11 is 0. The Morgan fingerprint density at radius 3 is 2.41 bits per heavy atom. The lowest BCUT2D eigenvalue weighted by Crippen LogP contribution is -2.19. The molecule has 0 aliphatic heterocycles. The molecule has 2 heteroatoms. The molecule has 0 aromatic carbocycles. The molecule has 0 amide bonds. The molecule has 98 valence electrons. The minimum Gasteiger partial charge on any atom is -0.464 e. The van der Waals surface area contributed by atoms with Crippen molar-refractivity contribution in [1.29, 1.82) is 0 Å². The minimum atomic E-state index is 0.309. The summed E-state index contributed by atoms with van der Waals surface area (Å²) in [6, 6.07) is 0. The van der Waals surface area contributed by atoms with Crippen LogP contribution < -0.4 is 0 Å². The highest BCUT2D eigenvalue weighted by Gasteiger charge is 2.26. The van der Waals surface area contributed by atoms with Crippen LogP contribution in [-0.4, -0.2) is 13.1 Å². The summed E-state index contributed by atoms with van der Waals surface area (Å²) in [6.45, 7) is 13.4. The third-order valence-electron chi connectivity index (χ3n) is 3.32. The monoisotopic (exact) mass is 238 g/mol. The van der Waals surface area contributed by atoms with Gasteiger partial charge in [-0.15, -0.1) is 0 Å². The number of hydrogen-bond donors (Lipinski definition) is 0. The second-order valence-electron chi connectivity index (χ2n) is 5.07. The summed E-state index contributed by atoms with van der Waals surface area (Å²) in [5, 5.41) is 0. The topological polar surface area (TPSA) is 26.3 Å². The predicted molar refractivity (Wildman–Crippen MR) is 72.8 cm³/mol. The highest BCUT2D eigenvalue weighted by atomic mass is 16.5. The summed E-state index contributed by atoms with van der Waals surface area (Å²) in [7, 11) is 0. The second-order valence-corrected chi connectivity index (χ2v) is 5.07. The molecule has 1 rings (SSSR count). The van der Waals surface area contributed by atoms with Crippen LogP contribution in [0.3, 0.4) is 0 Å². The normalized spacial score (nSPS) is 17.9. The zero-order chi connectivity index (χ0) is 13.3. The number of allylic oxidation sites excluding steroid dienone is 2. The summed E-state index contributed by atoms with van der Waals surface area (Å²) in [4.78, 5) is 9.29. The van der Waals surface area contributed by atoms with Gasteiger partial charge in [-0.05, 0) is 38.0 Å². The van der Waals surface area contributed by atoms with E-state index in [9.17, 15) is 4.79 Å². The van der Waals surface area contributed by atoms with E-state index < -0.39 is 0 Å². The van der Waals surface area contributed by atoms with E-state index in [1.54, 1.807) is 11.1 Å². The van der Waals surface area contributed by atoms with Crippen molar-refractivity contribution < 1.29 is 9.53 Å². The largest absolute Gasteiger partial charge is 0.464 e. The van der Waals surface area contributed by atoms with Crippen LogP contribution in [0.2, 0.25) is 0 Å². The molecule has 17 heavy (non-hydrogen) atoms. The number of rotatable bonds is 4. The quantitative estimate of drug-likeness (QED) is 0.415. The van der Waals surface area contributed by atoms with E-state index in [1.165, 1.54) is 31.8 Å². The van der Waals surface area contributed by atoms with Gasteiger partial charge in [0.2, 0.25) is 0 Å². The molecule has 0 atom stereocenters. The molecule has 0 aromatic rings. The third kappa shape index (κ3) is 5.71. The Hall–Kier alpha value is -1.05. The van der Waals surface area contributed by atoms with Gasteiger partial charge in [0.25, 0.3) is 6.47 Å². The molecule has 0 unspecified atom stereocenters. The van der Waals surface area contributed by atoms with E-state index in [1.807, 2.05) is 0 Å². The number of carbonyl (C=O) groups excluding carboxylic acids is 1. The Morgan fingerprint density at radius 1 is 1.47 bits per heavy atom. The molecule has 0 saturated carbocycles. The van der Waals surface area contributed by atoms with Crippen LogP contribution >= 0.6 is 0 Å². The van der Waals surface area contributed by atoms with Gasteiger partial charge in [-0.25, -0.2) is 0 Å². The smallest absolute Gasteiger partial charge is 0.293 e. The van der Waals surface area contributed by atoms with Crippen molar-refractivity contribution in [2.75, 3.05) is 6.61 Å². The lowest BCUT2D eigenvalue weighted by molar-refractivity contribution is -0.127. The third-order valence-corrected chi connectivity index (χ3v) is 3.32. The van der Waals surface area contributed by atoms with Crippen LogP contribution in [0, 0.1) is 5.41 Å². The molecule has 0 bridgehead atoms. The maximum atomic E-state index is 9.29. The highest BCUT2D eigenvalue weighted by Crippen LogP contribution is 2.41. The van der Waals surface area contributed by atoms with Gasteiger partial charge in [-0.3, -0.25) is 4.79 Å². The van der Waals surface area contributed by atoms with Crippen molar-refractivity contribution in [3.8, 4) is 0 Å². The average molecular weight is 238 g/mol. The van der Waals surface area contributed by atoms with E-state index in [4.69, 9.17) is 0 Å². The molecular formula is C15H26O2. The lowest BCUT2D eigenvalue weighted by atomic mass is 9.72. The van der Waals surface area contributed by atoms with Crippen molar-refractivity contribution >= 4 is 6.47 Å². The SMILES string of the molecule is C=CCOC=O.CCC1=C(C)CCCC1(C)C. The van der Waals surface area contributed by atoms with Crippen molar-refractivity contribution in [3.63, 3.8) is 0 Å². The van der Waals surface area contributed by atoms with E-state index in [-0.39, 0.29) is 0 Å². The van der Waals surface area contributed by atoms with Crippen molar-refractivity contribution in [2.24, 2.45) is 5.41 Å². The predicted octanol–water partition coefficient (Wildman–Crippen LogP) is 4.27. The molecule has 0 fully saturated rings. The first-order chi connectivity index (χ1) is 7.99. The molecule has 1 aliphatic carbocycles. The first kappa shape index (κ1) is 16.0. The maximum absolute atomic E-state index is 9.29. The molecule has 1 aliphatic rings. The first-order valence-electron chi connectivity index (χ1n) is 6.34. The Balaban J connectivity index is 0.000000366. The number of ether oxygens (including phenoxy) is 1. The summed E-state index contributed by atoms with van der Waals surface area (Å²) in [5.74, 6) is 0. The highest BCUT2D eigenvalue weighted by molar-refractivity contribution is 5.37. The van der Waals surface area contributed by atoms with E-state index in [0.717, 1.165) is 0 Å². The minimum absolute atomic E-state index is 0.309. The Labute approximate surface area is 106 Å². The fraction of sp³-hybridized carbons (Fsp3) is 0.667. The number of carbonyl (C=O) groups is 1. The molecule has 0 aromatic heterocycles. The molecule has 0 saturated heterocycles. The molecule has 0 spiro atoms. The summed E-state index contributed by atoms with van der Waals surface area (Å²) < 4.78 is 4.18. The standard InChI is InChI=1S/C11H20.C4H6O2/c1-5-10-9(2)7-6-8-11(10,3)4;1-2-3-6-4-5/h5-8H2,1-4H3;2,4H,1,3H2. The molecular weight excluding hydrogens is 212 g/mol. The molecule has 0 heterocycles. The van der Waals surface area contributed by atoms with Crippen molar-refractivity contribution in [3.05, 3.63) is 23.8 Å². The maximum Gasteiger partial charge on any atom is 0.293 e. The van der Waals surface area contributed by atoms with Crippen molar-refractivity contribution in [2.45, 2.75) is 53.4 Å². The van der Waals surface area contributed by atoms with Gasteiger partial charge >= 0.3 is 0 Å². The van der Waals surface area contributed by atoms with Crippen LogP contribution in [0.25, 0.3) is 0 Å². The van der Waals surface area contributed by atoms with Gasteiger partial charge in [0, 0.05) is 0 Å². The van der Waals surface area contributed by atoms with Crippen molar-refractivity contribution in [1.82, 2.24) is 0 Å². The van der Waals surface area contributed by atoms with E-state index in [0.29, 0.717) is 18.5 Å². The van der Waals surface area contributed by atoms with E-state index in [2.05, 4.69) is 39.0 Å². The van der Waals surface area contributed by atoms with Crippen LogP contribution in [0.5, 0.6) is 0 Å². The van der Waals surface area contributed by atoms with Gasteiger partial charge in [-0.1, -0.05) is 44.6 Å². The fourth-order valence-electron chi connectivity index (χ4n) is 2.56. The second kappa shape index (κ2) is 8.10. The van der Waals surface area contributed by atoms with Crippen LogP contribution in [0.1, 0.15) is 53.4 Å². The van der Waals surface area contributed by atoms with Gasteiger partial charge in [-0.2, -0.15) is 0 Å². The number of hydrogen-bond acceptors (Lipinski definition) is 2. The van der Waals surface area contributed by atoms with Gasteiger partial charge in [0.05, 0.1) is 0 Å². The zero-order valence-electron chi connectivity index (χ0n) is 11.7. The van der Waals surface area contributed by atoms with Gasteiger partial charge < -0.3 is 4.74 Å². The summed E-state index contributed by atoms with van der Waals surface area (Å²) in [6.07, 6.45) is 6.87. The first-order valence-corrected chi connectivity index (χ1v) is 6.34. The lowest BCUT2D eigenvalue weighted by Gasteiger charge is -2.34.